The summed E-state index contributed by atoms with van der Waals surface area (Å²) in [6.07, 6.45) is -0.259. The Labute approximate surface area is 163 Å². The minimum Gasteiger partial charge on any atom is -0.449 e. The summed E-state index contributed by atoms with van der Waals surface area (Å²) in [6, 6.07) is 13.4. The monoisotopic (exact) mass is 385 g/mol. The van der Waals surface area contributed by atoms with Gasteiger partial charge in [0, 0.05) is 30.9 Å². The fraction of sp³-hybridized carbons (Fsp3) is 0.300. The van der Waals surface area contributed by atoms with E-state index in [1.165, 1.54) is 19.1 Å². The van der Waals surface area contributed by atoms with Crippen LogP contribution >= 0.6 is 0 Å². The number of benzene rings is 2. The number of nitro groups is 1. The fourth-order valence-corrected chi connectivity index (χ4v) is 2.43. The number of hydrogen-bond acceptors (Lipinski definition) is 6. The predicted octanol–water partition coefficient (Wildman–Crippen LogP) is 3.28. The second-order valence-corrected chi connectivity index (χ2v) is 6.16. The van der Waals surface area contributed by atoms with Crippen LogP contribution in [0.2, 0.25) is 0 Å². The molecule has 2 rings (SSSR count). The van der Waals surface area contributed by atoms with Gasteiger partial charge in [-0.25, -0.2) is 4.79 Å². The van der Waals surface area contributed by atoms with Gasteiger partial charge in [0.05, 0.1) is 10.5 Å². The van der Waals surface area contributed by atoms with Crippen LogP contribution in [-0.4, -0.2) is 29.4 Å². The Kier molecular flexibility index (Phi) is 7.50. The van der Waals surface area contributed by atoms with E-state index in [1.807, 2.05) is 37.3 Å². The molecule has 0 aliphatic carbocycles. The van der Waals surface area contributed by atoms with Crippen molar-refractivity contribution in [2.75, 3.05) is 11.9 Å². The molecule has 2 aromatic carbocycles. The Hall–Kier alpha value is -3.42. The lowest BCUT2D eigenvalue weighted by atomic mass is 10.1. The van der Waals surface area contributed by atoms with Crippen molar-refractivity contribution >= 4 is 23.3 Å². The highest BCUT2D eigenvalue weighted by atomic mass is 16.6. The summed E-state index contributed by atoms with van der Waals surface area (Å²) in [5.74, 6) is -1.22. The zero-order chi connectivity index (χ0) is 20.5. The number of nitro benzene ring substituents is 1. The molecule has 28 heavy (non-hydrogen) atoms. The van der Waals surface area contributed by atoms with Crippen LogP contribution in [0.1, 0.15) is 36.2 Å². The van der Waals surface area contributed by atoms with Gasteiger partial charge in [-0.1, -0.05) is 37.3 Å². The third-order valence-corrected chi connectivity index (χ3v) is 3.96. The van der Waals surface area contributed by atoms with Crippen molar-refractivity contribution in [3.8, 4) is 0 Å². The number of nitrogens with one attached hydrogen (secondary N) is 2. The van der Waals surface area contributed by atoms with Gasteiger partial charge in [-0.3, -0.25) is 14.9 Å². The quantitative estimate of drug-likeness (QED) is 0.389. The second-order valence-electron chi connectivity index (χ2n) is 6.16. The summed E-state index contributed by atoms with van der Waals surface area (Å²) in [6.45, 7) is 4.26. The maximum absolute atomic E-state index is 12.6. The molecule has 0 radical (unpaired) electrons. The van der Waals surface area contributed by atoms with Gasteiger partial charge >= 0.3 is 5.97 Å². The molecule has 2 N–H and O–H groups in total. The molecular formula is C20H23N3O5. The number of nitrogens with zero attached hydrogens (tertiary/aromatic N) is 1. The molecule has 2 aromatic rings. The van der Waals surface area contributed by atoms with Crippen molar-refractivity contribution < 1.29 is 19.2 Å². The number of amides is 1. The summed E-state index contributed by atoms with van der Waals surface area (Å²) in [7, 11) is 0. The number of carbonyl (C=O) groups is 2. The Morgan fingerprint density at radius 1 is 1.18 bits per heavy atom. The topological polar surface area (TPSA) is 111 Å². The average Bonchev–Trinajstić information content (AvgIpc) is 2.70. The van der Waals surface area contributed by atoms with Crippen LogP contribution in [-0.2, 0) is 16.1 Å². The SMILES string of the molecule is CCCNC(=O)[C@@H](C)OC(=O)c1cc([N+](=O)[O-])ccc1NCc1ccccc1. The number of rotatable bonds is 9. The predicted molar refractivity (Wildman–Crippen MR) is 105 cm³/mol. The number of esters is 1. The largest absolute Gasteiger partial charge is 0.449 e. The molecule has 0 spiro atoms. The van der Waals surface area contributed by atoms with Gasteiger partial charge in [0.1, 0.15) is 0 Å². The first kappa shape index (κ1) is 20.9. The van der Waals surface area contributed by atoms with Crippen LogP contribution in [0.4, 0.5) is 11.4 Å². The van der Waals surface area contributed by atoms with E-state index >= 15 is 0 Å². The molecule has 0 saturated heterocycles. The summed E-state index contributed by atoms with van der Waals surface area (Å²) >= 11 is 0. The molecule has 0 aliphatic heterocycles. The first-order chi connectivity index (χ1) is 13.4. The Morgan fingerprint density at radius 2 is 1.89 bits per heavy atom. The lowest BCUT2D eigenvalue weighted by Crippen LogP contribution is -2.36. The Balaban J connectivity index is 2.18. The highest BCUT2D eigenvalue weighted by Gasteiger charge is 2.23. The van der Waals surface area contributed by atoms with E-state index in [2.05, 4.69) is 10.6 Å². The van der Waals surface area contributed by atoms with Crippen LogP contribution < -0.4 is 10.6 Å². The van der Waals surface area contributed by atoms with E-state index in [0.717, 1.165) is 18.1 Å². The van der Waals surface area contributed by atoms with E-state index in [0.29, 0.717) is 18.8 Å². The van der Waals surface area contributed by atoms with Gasteiger partial charge in [-0.15, -0.1) is 0 Å². The van der Waals surface area contributed by atoms with E-state index in [1.54, 1.807) is 0 Å². The summed E-state index contributed by atoms with van der Waals surface area (Å²) in [5.41, 5.74) is 1.13. The number of hydrogen-bond donors (Lipinski definition) is 2. The lowest BCUT2D eigenvalue weighted by molar-refractivity contribution is -0.384. The Bertz CT molecular complexity index is 839. The van der Waals surface area contributed by atoms with Crippen molar-refractivity contribution in [1.82, 2.24) is 5.32 Å². The highest BCUT2D eigenvalue weighted by Crippen LogP contribution is 2.24. The molecular weight excluding hydrogens is 362 g/mol. The first-order valence-electron chi connectivity index (χ1n) is 8.97. The molecule has 0 unspecified atom stereocenters. The normalized spacial score (nSPS) is 11.4. The molecule has 0 aromatic heterocycles. The molecule has 1 amide bonds. The van der Waals surface area contributed by atoms with Crippen LogP contribution in [0.15, 0.2) is 48.5 Å². The van der Waals surface area contributed by atoms with Gasteiger partial charge in [0.2, 0.25) is 0 Å². The second kappa shape index (κ2) is 10.1. The number of non-ortho nitro benzene ring substituents is 1. The zero-order valence-corrected chi connectivity index (χ0v) is 15.8. The van der Waals surface area contributed by atoms with Gasteiger partial charge < -0.3 is 15.4 Å². The van der Waals surface area contributed by atoms with Gasteiger partial charge in [0.25, 0.3) is 11.6 Å². The van der Waals surface area contributed by atoms with E-state index in [4.69, 9.17) is 4.74 Å². The number of carbonyl (C=O) groups excluding carboxylic acids is 2. The van der Waals surface area contributed by atoms with Crippen molar-refractivity contribution in [2.24, 2.45) is 0 Å². The van der Waals surface area contributed by atoms with E-state index in [-0.39, 0.29) is 11.3 Å². The van der Waals surface area contributed by atoms with Crippen LogP contribution in [0.5, 0.6) is 0 Å². The molecule has 8 heteroatoms. The van der Waals surface area contributed by atoms with Gasteiger partial charge in [-0.2, -0.15) is 0 Å². The molecule has 0 bridgehead atoms. The molecule has 0 saturated carbocycles. The molecule has 8 nitrogen and oxygen atoms in total. The first-order valence-corrected chi connectivity index (χ1v) is 8.97. The molecule has 0 heterocycles. The molecule has 0 fully saturated rings. The summed E-state index contributed by atoms with van der Waals surface area (Å²) in [4.78, 5) is 35.0. The van der Waals surface area contributed by atoms with Crippen LogP contribution in [0.25, 0.3) is 0 Å². The average molecular weight is 385 g/mol. The van der Waals surface area contributed by atoms with Gasteiger partial charge in [-0.05, 0) is 25.0 Å². The van der Waals surface area contributed by atoms with Crippen LogP contribution in [0, 0.1) is 10.1 Å². The molecule has 148 valence electrons. The minimum absolute atomic E-state index is 0.000252. The minimum atomic E-state index is -1.01. The van der Waals surface area contributed by atoms with E-state index in [9.17, 15) is 19.7 Å². The highest BCUT2D eigenvalue weighted by molar-refractivity contribution is 5.98. The van der Waals surface area contributed by atoms with Gasteiger partial charge in [0.15, 0.2) is 6.10 Å². The van der Waals surface area contributed by atoms with Crippen molar-refractivity contribution in [1.29, 1.82) is 0 Å². The summed E-state index contributed by atoms with van der Waals surface area (Å²) < 4.78 is 5.21. The van der Waals surface area contributed by atoms with Crippen molar-refractivity contribution in [2.45, 2.75) is 32.9 Å². The summed E-state index contributed by atoms with van der Waals surface area (Å²) in [5, 5.41) is 16.8. The fourth-order valence-electron chi connectivity index (χ4n) is 2.43. The maximum Gasteiger partial charge on any atom is 0.341 e. The van der Waals surface area contributed by atoms with Crippen molar-refractivity contribution in [3.63, 3.8) is 0 Å². The standard InChI is InChI=1S/C20H23N3O5/c1-3-11-21-19(24)14(2)28-20(25)17-12-16(23(26)27)9-10-18(17)22-13-15-7-5-4-6-8-15/h4-10,12,14,22H,3,11,13H2,1-2H3,(H,21,24)/t14-/m1/s1. The molecule has 0 aliphatic rings. The third kappa shape index (κ3) is 5.80. The number of ether oxygens (including phenoxy) is 1. The van der Waals surface area contributed by atoms with Crippen LogP contribution in [0.3, 0.4) is 0 Å². The smallest absolute Gasteiger partial charge is 0.341 e. The number of anilines is 1. The zero-order valence-electron chi connectivity index (χ0n) is 15.8. The maximum atomic E-state index is 12.6. The lowest BCUT2D eigenvalue weighted by Gasteiger charge is -2.15. The Morgan fingerprint density at radius 3 is 2.54 bits per heavy atom. The molecule has 1 atom stereocenters. The van der Waals surface area contributed by atoms with Crippen molar-refractivity contribution in [3.05, 3.63) is 69.8 Å². The third-order valence-electron chi connectivity index (χ3n) is 3.96. The van der Waals surface area contributed by atoms with E-state index < -0.39 is 22.9 Å².